The molecule has 0 unspecified atom stereocenters. The molecule has 10 aromatic rings. The lowest BCUT2D eigenvalue weighted by molar-refractivity contribution is 1.50. The van der Waals surface area contributed by atoms with E-state index < -0.39 is 0 Å². The Balaban J connectivity index is 1.43. The normalized spacial score (nSPS) is 11.6. The minimum Gasteiger partial charge on any atom is -0.354 e. The highest BCUT2D eigenvalue weighted by Crippen LogP contribution is 2.51. The van der Waals surface area contributed by atoms with E-state index in [9.17, 15) is 0 Å². The van der Waals surface area contributed by atoms with Crippen LogP contribution in [0.2, 0.25) is 0 Å². The second-order valence-corrected chi connectivity index (χ2v) is 13.0. The Morgan fingerprint density at radius 1 is 0.240 bits per heavy atom. The first-order valence-corrected chi connectivity index (χ1v) is 17.2. The molecule has 0 spiro atoms. The van der Waals surface area contributed by atoms with Gasteiger partial charge in [0.15, 0.2) is 0 Å². The van der Waals surface area contributed by atoms with E-state index in [-0.39, 0.29) is 0 Å². The van der Waals surface area contributed by atoms with E-state index in [1.54, 1.807) is 0 Å². The van der Waals surface area contributed by atoms with E-state index in [1.807, 2.05) is 0 Å². The van der Waals surface area contributed by atoms with Crippen molar-refractivity contribution in [3.63, 3.8) is 0 Å². The standard InChI is InChI=1S/C48H32N2/c1-4-15-31(16-5-1)34-23-14-24-41(45-35(32-17-6-2-7-18-32)27-29-39-37-21-10-12-25-42(37)49-47(39)45)44(34)46-36(33-19-8-3-9-20-33)28-30-40-38-22-11-13-26-43(38)50-48(40)46/h1-30,49-50H. The molecule has 0 bridgehead atoms. The quantitative estimate of drug-likeness (QED) is 0.188. The Morgan fingerprint density at radius 3 is 1.16 bits per heavy atom. The molecule has 0 saturated carbocycles. The van der Waals surface area contributed by atoms with Crippen LogP contribution in [-0.4, -0.2) is 9.97 Å². The van der Waals surface area contributed by atoms with Crippen molar-refractivity contribution >= 4 is 43.6 Å². The van der Waals surface area contributed by atoms with Gasteiger partial charge in [0.2, 0.25) is 0 Å². The van der Waals surface area contributed by atoms with Crippen LogP contribution in [0.15, 0.2) is 182 Å². The first kappa shape index (κ1) is 28.4. The molecule has 2 N–H and O–H groups in total. The highest BCUT2D eigenvalue weighted by molar-refractivity contribution is 6.21. The third kappa shape index (κ3) is 4.43. The maximum atomic E-state index is 3.91. The van der Waals surface area contributed by atoms with Crippen LogP contribution in [0.4, 0.5) is 0 Å². The van der Waals surface area contributed by atoms with Crippen LogP contribution in [0, 0.1) is 0 Å². The topological polar surface area (TPSA) is 31.6 Å². The van der Waals surface area contributed by atoms with Gasteiger partial charge in [-0.15, -0.1) is 0 Å². The van der Waals surface area contributed by atoms with Crippen molar-refractivity contribution in [1.29, 1.82) is 0 Å². The predicted molar refractivity (Wildman–Crippen MR) is 212 cm³/mol. The number of nitrogens with one attached hydrogen (secondary N) is 2. The predicted octanol–water partition coefficient (Wildman–Crippen LogP) is 13.3. The third-order valence-electron chi connectivity index (χ3n) is 10.2. The van der Waals surface area contributed by atoms with Gasteiger partial charge in [-0.25, -0.2) is 0 Å². The molecule has 2 heteroatoms. The molecule has 0 aliphatic rings. The van der Waals surface area contributed by atoms with Crippen LogP contribution >= 0.6 is 0 Å². The molecule has 0 radical (unpaired) electrons. The summed E-state index contributed by atoms with van der Waals surface area (Å²) in [5, 5.41) is 4.89. The lowest BCUT2D eigenvalue weighted by atomic mass is 9.81. The molecule has 234 valence electrons. The van der Waals surface area contributed by atoms with Crippen molar-refractivity contribution < 1.29 is 0 Å². The maximum absolute atomic E-state index is 3.91. The minimum absolute atomic E-state index is 1.13. The fourth-order valence-corrected chi connectivity index (χ4v) is 7.98. The fourth-order valence-electron chi connectivity index (χ4n) is 7.98. The Kier molecular flexibility index (Phi) is 6.53. The average Bonchev–Trinajstić information content (AvgIpc) is 3.77. The van der Waals surface area contributed by atoms with Crippen molar-refractivity contribution in [3.05, 3.63) is 182 Å². The van der Waals surface area contributed by atoms with Gasteiger partial charge in [0.05, 0.1) is 11.0 Å². The van der Waals surface area contributed by atoms with Crippen LogP contribution in [0.3, 0.4) is 0 Å². The molecule has 2 nitrogen and oxygen atoms in total. The van der Waals surface area contributed by atoms with Crippen LogP contribution < -0.4 is 0 Å². The Hall–Kier alpha value is -6.64. The molecule has 0 aliphatic heterocycles. The van der Waals surface area contributed by atoms with Gasteiger partial charge in [0.25, 0.3) is 0 Å². The maximum Gasteiger partial charge on any atom is 0.0551 e. The first-order chi connectivity index (χ1) is 24.8. The Morgan fingerprint density at radius 2 is 0.640 bits per heavy atom. The van der Waals surface area contributed by atoms with E-state index in [4.69, 9.17) is 0 Å². The zero-order chi connectivity index (χ0) is 33.0. The smallest absolute Gasteiger partial charge is 0.0551 e. The van der Waals surface area contributed by atoms with Crippen LogP contribution in [0.5, 0.6) is 0 Å². The van der Waals surface area contributed by atoms with Crippen molar-refractivity contribution in [2.45, 2.75) is 0 Å². The summed E-state index contributed by atoms with van der Waals surface area (Å²) in [5.41, 5.74) is 16.5. The lowest BCUT2D eigenvalue weighted by Gasteiger charge is -2.22. The lowest BCUT2D eigenvalue weighted by Crippen LogP contribution is -1.96. The van der Waals surface area contributed by atoms with E-state index in [0.717, 1.165) is 22.1 Å². The van der Waals surface area contributed by atoms with Crippen molar-refractivity contribution in [2.75, 3.05) is 0 Å². The minimum atomic E-state index is 1.13. The molecule has 0 atom stereocenters. The molecule has 2 aromatic heterocycles. The third-order valence-corrected chi connectivity index (χ3v) is 10.2. The summed E-state index contributed by atoms with van der Waals surface area (Å²) in [7, 11) is 0. The molecule has 8 aromatic carbocycles. The molecule has 0 amide bonds. The molecular formula is C48H32N2. The number of benzene rings is 8. The van der Waals surface area contributed by atoms with Gasteiger partial charge in [-0.3, -0.25) is 0 Å². The van der Waals surface area contributed by atoms with Crippen LogP contribution in [-0.2, 0) is 0 Å². The molecule has 50 heavy (non-hydrogen) atoms. The summed E-state index contributed by atoms with van der Waals surface area (Å²) in [4.78, 5) is 7.80. The summed E-state index contributed by atoms with van der Waals surface area (Å²) in [6.07, 6.45) is 0. The molecule has 2 heterocycles. The van der Waals surface area contributed by atoms with Gasteiger partial charge in [-0.2, -0.15) is 0 Å². The number of H-pyrrole nitrogens is 2. The second-order valence-electron chi connectivity index (χ2n) is 13.0. The van der Waals surface area contributed by atoms with E-state index in [0.29, 0.717) is 0 Å². The summed E-state index contributed by atoms with van der Waals surface area (Å²) in [5.74, 6) is 0. The summed E-state index contributed by atoms with van der Waals surface area (Å²) in [6.45, 7) is 0. The average molecular weight is 637 g/mol. The Bertz CT molecular complexity index is 2840. The molecule has 0 aliphatic carbocycles. The van der Waals surface area contributed by atoms with Gasteiger partial charge in [0.1, 0.15) is 0 Å². The van der Waals surface area contributed by atoms with Gasteiger partial charge in [-0.05, 0) is 51.1 Å². The van der Waals surface area contributed by atoms with Crippen molar-refractivity contribution in [3.8, 4) is 55.6 Å². The number of aromatic nitrogens is 2. The summed E-state index contributed by atoms with van der Waals surface area (Å²) < 4.78 is 0. The van der Waals surface area contributed by atoms with E-state index >= 15 is 0 Å². The zero-order valence-electron chi connectivity index (χ0n) is 27.3. The SMILES string of the molecule is c1ccc(-c2cccc(-c3c(-c4ccccc4)ccc4c3[nH]c3ccccc34)c2-c2c(-c3ccccc3)ccc3c2[nH]c2ccccc23)cc1. The number of hydrogen-bond donors (Lipinski definition) is 2. The number of para-hydroxylation sites is 2. The van der Waals surface area contributed by atoms with Crippen molar-refractivity contribution in [2.24, 2.45) is 0 Å². The number of rotatable bonds is 5. The van der Waals surface area contributed by atoms with Gasteiger partial charge in [0, 0.05) is 49.3 Å². The summed E-state index contributed by atoms with van der Waals surface area (Å²) >= 11 is 0. The number of fused-ring (bicyclic) bond motifs is 6. The van der Waals surface area contributed by atoms with E-state index in [1.165, 1.54) is 77.2 Å². The molecule has 0 fully saturated rings. The van der Waals surface area contributed by atoms with Gasteiger partial charge >= 0.3 is 0 Å². The van der Waals surface area contributed by atoms with E-state index in [2.05, 4.69) is 192 Å². The highest BCUT2D eigenvalue weighted by atomic mass is 14.7. The fraction of sp³-hybridized carbons (Fsp3) is 0. The zero-order valence-corrected chi connectivity index (χ0v) is 27.3. The van der Waals surface area contributed by atoms with Gasteiger partial charge < -0.3 is 9.97 Å². The second kappa shape index (κ2) is 11.5. The highest BCUT2D eigenvalue weighted by Gasteiger charge is 2.25. The summed E-state index contributed by atoms with van der Waals surface area (Å²) in [6, 6.07) is 65.8. The molecule has 10 rings (SSSR count). The largest absolute Gasteiger partial charge is 0.354 e. The first-order valence-electron chi connectivity index (χ1n) is 17.2. The number of hydrogen-bond acceptors (Lipinski definition) is 0. The van der Waals surface area contributed by atoms with Crippen LogP contribution in [0.25, 0.3) is 99.2 Å². The van der Waals surface area contributed by atoms with Crippen molar-refractivity contribution in [1.82, 2.24) is 9.97 Å². The van der Waals surface area contributed by atoms with Crippen LogP contribution in [0.1, 0.15) is 0 Å². The molecular weight excluding hydrogens is 605 g/mol. The van der Waals surface area contributed by atoms with Gasteiger partial charge in [-0.1, -0.05) is 170 Å². The number of aromatic amines is 2. The Labute approximate surface area is 290 Å². The molecule has 0 saturated heterocycles. The monoisotopic (exact) mass is 636 g/mol.